The first kappa shape index (κ1) is 28.5. The molecule has 0 aliphatic carbocycles. The Hall–Kier alpha value is -4.62. The van der Waals surface area contributed by atoms with Crippen molar-refractivity contribution in [1.82, 2.24) is 9.80 Å². The quantitative estimate of drug-likeness (QED) is 0.224. The van der Waals surface area contributed by atoms with Crippen LogP contribution in [0.4, 0.5) is 4.79 Å². The Morgan fingerprint density at radius 2 is 1.51 bits per heavy atom. The van der Waals surface area contributed by atoms with Crippen LogP contribution in [0.1, 0.15) is 41.1 Å². The molecule has 6 rings (SSSR count). The average Bonchev–Trinajstić information content (AvgIpc) is 3.60. The van der Waals surface area contributed by atoms with Crippen LogP contribution in [-0.4, -0.2) is 48.6 Å². The molecule has 7 nitrogen and oxygen atoms in total. The lowest BCUT2D eigenvalue weighted by atomic mass is 9.74. The summed E-state index contributed by atoms with van der Waals surface area (Å²) in [6.45, 7) is 4.33. The van der Waals surface area contributed by atoms with Gasteiger partial charge in [-0.3, -0.25) is 9.69 Å². The van der Waals surface area contributed by atoms with Crippen LogP contribution in [0.3, 0.4) is 0 Å². The van der Waals surface area contributed by atoms with E-state index < -0.39 is 17.6 Å². The number of nitrogens with zero attached hydrogens (tertiary/aromatic N) is 2. The molecule has 0 radical (unpaired) electrons. The summed E-state index contributed by atoms with van der Waals surface area (Å²) in [4.78, 5) is 31.3. The summed E-state index contributed by atoms with van der Waals surface area (Å²) >= 11 is 0. The molecule has 220 valence electrons. The number of likely N-dealkylation sites (tertiary alicyclic amines) is 1. The third-order valence-electron chi connectivity index (χ3n) is 8.60. The van der Waals surface area contributed by atoms with Gasteiger partial charge in [-0.25, -0.2) is 9.69 Å². The van der Waals surface area contributed by atoms with Crippen LogP contribution in [0.2, 0.25) is 0 Å². The Balaban J connectivity index is 1.35. The van der Waals surface area contributed by atoms with E-state index in [-0.39, 0.29) is 18.4 Å². The second-order valence-electron chi connectivity index (χ2n) is 11.5. The maximum absolute atomic E-state index is 14.6. The van der Waals surface area contributed by atoms with Gasteiger partial charge in [0.2, 0.25) is 5.91 Å². The minimum absolute atomic E-state index is 0.142. The number of hydrogen-bond donors (Lipinski definition) is 0. The highest BCUT2D eigenvalue weighted by Crippen LogP contribution is 2.48. The molecule has 2 saturated heterocycles. The van der Waals surface area contributed by atoms with Gasteiger partial charge in [-0.15, -0.1) is 0 Å². The van der Waals surface area contributed by atoms with Gasteiger partial charge in [0.25, 0.3) is 0 Å². The molecule has 2 aliphatic heterocycles. The summed E-state index contributed by atoms with van der Waals surface area (Å²) in [5.41, 5.74) is 3.14. The number of carbonyl (C=O) groups excluding carboxylic acids is 2. The van der Waals surface area contributed by atoms with E-state index in [0.717, 1.165) is 16.7 Å². The molecule has 2 fully saturated rings. The van der Waals surface area contributed by atoms with Crippen molar-refractivity contribution in [1.29, 1.82) is 0 Å². The highest BCUT2D eigenvalue weighted by molar-refractivity contribution is 5.97. The molecule has 2 heterocycles. The van der Waals surface area contributed by atoms with E-state index in [2.05, 4.69) is 17.0 Å². The molecule has 2 amide bonds. The van der Waals surface area contributed by atoms with Crippen molar-refractivity contribution in [3.8, 4) is 11.5 Å². The Morgan fingerprint density at radius 1 is 0.860 bits per heavy atom. The van der Waals surface area contributed by atoms with Gasteiger partial charge in [-0.1, -0.05) is 97.1 Å². The minimum Gasteiger partial charge on any atom is -0.493 e. The predicted molar refractivity (Wildman–Crippen MR) is 164 cm³/mol. The van der Waals surface area contributed by atoms with Crippen LogP contribution in [0.25, 0.3) is 0 Å². The second kappa shape index (κ2) is 12.3. The molecular weight excluding hydrogens is 540 g/mol. The van der Waals surface area contributed by atoms with Gasteiger partial charge in [0, 0.05) is 25.6 Å². The molecule has 0 N–H and O–H groups in total. The lowest BCUT2D eigenvalue weighted by Crippen LogP contribution is -2.47. The van der Waals surface area contributed by atoms with Gasteiger partial charge in [-0.05, 0) is 41.3 Å². The third-order valence-corrected chi connectivity index (χ3v) is 8.60. The number of ether oxygens (including phenoxy) is 3. The smallest absolute Gasteiger partial charge is 0.417 e. The average molecular weight is 577 g/mol. The van der Waals surface area contributed by atoms with Gasteiger partial charge in [0.15, 0.2) is 11.5 Å². The number of carbonyl (C=O) groups is 2. The number of hydrogen-bond acceptors (Lipinski definition) is 6. The first-order chi connectivity index (χ1) is 21.0. The number of methoxy groups -OCH3 is 1. The Labute approximate surface area is 252 Å². The molecule has 0 spiro atoms. The normalized spacial score (nSPS) is 21.9. The van der Waals surface area contributed by atoms with Crippen LogP contribution in [-0.2, 0) is 22.7 Å². The number of imide groups is 1. The third kappa shape index (κ3) is 5.86. The van der Waals surface area contributed by atoms with Gasteiger partial charge >= 0.3 is 6.09 Å². The summed E-state index contributed by atoms with van der Waals surface area (Å²) in [6, 6.07) is 35.3. The largest absolute Gasteiger partial charge is 0.493 e. The van der Waals surface area contributed by atoms with E-state index in [0.29, 0.717) is 37.7 Å². The fourth-order valence-corrected chi connectivity index (χ4v) is 6.35. The van der Waals surface area contributed by atoms with Crippen LogP contribution < -0.4 is 9.47 Å². The molecule has 4 aromatic rings. The first-order valence-corrected chi connectivity index (χ1v) is 14.6. The molecule has 0 saturated carbocycles. The topological polar surface area (TPSA) is 68.3 Å². The highest BCUT2D eigenvalue weighted by Gasteiger charge is 2.54. The van der Waals surface area contributed by atoms with Gasteiger partial charge < -0.3 is 14.2 Å². The van der Waals surface area contributed by atoms with Gasteiger partial charge in [0.1, 0.15) is 19.3 Å². The molecule has 4 aromatic carbocycles. The first-order valence-electron chi connectivity index (χ1n) is 14.6. The molecule has 43 heavy (non-hydrogen) atoms. The Bertz CT molecular complexity index is 1560. The maximum atomic E-state index is 14.6. The lowest BCUT2D eigenvalue weighted by molar-refractivity contribution is -0.139. The van der Waals surface area contributed by atoms with Crippen molar-refractivity contribution in [2.75, 3.05) is 26.8 Å². The molecule has 0 aromatic heterocycles. The van der Waals surface area contributed by atoms with Crippen molar-refractivity contribution in [3.05, 3.63) is 131 Å². The fraction of sp³-hybridized carbons (Fsp3) is 0.278. The summed E-state index contributed by atoms with van der Waals surface area (Å²) in [7, 11) is 1.62. The Morgan fingerprint density at radius 3 is 2.19 bits per heavy atom. The van der Waals surface area contributed by atoms with E-state index in [1.54, 1.807) is 7.11 Å². The molecule has 0 bridgehead atoms. The lowest BCUT2D eigenvalue weighted by Gasteiger charge is -2.34. The monoisotopic (exact) mass is 576 g/mol. The SMILES string of the molecule is COc1ccc([C@@H]2CN(Cc3ccccc3)CC2(C)C(=O)N2C(=O)OC[C@H]2c2ccccc2)cc1OCc1ccccc1. The summed E-state index contributed by atoms with van der Waals surface area (Å²) in [5, 5.41) is 0. The second-order valence-corrected chi connectivity index (χ2v) is 11.5. The molecule has 1 unspecified atom stereocenters. The molecular formula is C36H36N2O5. The summed E-state index contributed by atoms with van der Waals surface area (Å²) in [5.74, 6) is 0.799. The van der Waals surface area contributed by atoms with Crippen molar-refractivity contribution >= 4 is 12.0 Å². The molecule has 7 heteroatoms. The highest BCUT2D eigenvalue weighted by atomic mass is 16.6. The van der Waals surface area contributed by atoms with Crippen molar-refractivity contribution < 1.29 is 23.8 Å². The summed E-state index contributed by atoms with van der Waals surface area (Å²) in [6.07, 6.45) is -0.595. The van der Waals surface area contributed by atoms with E-state index >= 15 is 0 Å². The number of rotatable bonds is 9. The molecule has 2 aliphatic rings. The number of cyclic esters (lactones) is 1. The Kier molecular flexibility index (Phi) is 8.16. The van der Waals surface area contributed by atoms with E-state index in [4.69, 9.17) is 14.2 Å². The zero-order valence-corrected chi connectivity index (χ0v) is 24.5. The van der Waals surface area contributed by atoms with E-state index in [9.17, 15) is 9.59 Å². The van der Waals surface area contributed by atoms with Gasteiger partial charge in [0.05, 0.1) is 12.5 Å². The van der Waals surface area contributed by atoms with Crippen LogP contribution in [0, 0.1) is 5.41 Å². The van der Waals surface area contributed by atoms with Crippen molar-refractivity contribution in [2.45, 2.75) is 32.0 Å². The number of amides is 2. The maximum Gasteiger partial charge on any atom is 0.417 e. The van der Waals surface area contributed by atoms with Crippen LogP contribution in [0.5, 0.6) is 11.5 Å². The molecule has 3 atom stereocenters. The summed E-state index contributed by atoms with van der Waals surface area (Å²) < 4.78 is 17.3. The fourth-order valence-electron chi connectivity index (χ4n) is 6.35. The van der Waals surface area contributed by atoms with Gasteiger partial charge in [-0.2, -0.15) is 0 Å². The predicted octanol–water partition coefficient (Wildman–Crippen LogP) is 6.60. The van der Waals surface area contributed by atoms with E-state index in [1.165, 1.54) is 10.5 Å². The number of benzene rings is 4. The van der Waals surface area contributed by atoms with Crippen LogP contribution >= 0.6 is 0 Å². The van der Waals surface area contributed by atoms with Crippen molar-refractivity contribution in [3.63, 3.8) is 0 Å². The zero-order valence-electron chi connectivity index (χ0n) is 24.5. The van der Waals surface area contributed by atoms with Crippen LogP contribution in [0.15, 0.2) is 109 Å². The zero-order chi connectivity index (χ0) is 29.8. The minimum atomic E-state index is -0.906. The van der Waals surface area contributed by atoms with Crippen molar-refractivity contribution in [2.24, 2.45) is 5.41 Å². The standard InChI is InChI=1S/C36H36N2O5/c1-36(34(39)38-31(24-43-35(38)40)28-16-10-5-11-17-28)25-37(21-26-12-6-3-7-13-26)22-30(36)29-18-19-32(41-2)33(20-29)42-23-27-14-8-4-9-15-27/h3-20,30-31H,21-25H2,1-2H3/t30-,31-,36?/m0/s1. The van der Waals surface area contributed by atoms with E-state index in [1.807, 2.05) is 104 Å².